The molecule has 1 N–H and O–H groups in total. The van der Waals surface area contributed by atoms with Gasteiger partial charge in [0.2, 0.25) is 5.91 Å². The molecule has 0 saturated carbocycles. The van der Waals surface area contributed by atoms with E-state index in [0.717, 1.165) is 12.1 Å². The van der Waals surface area contributed by atoms with Crippen LogP contribution < -0.4 is 5.32 Å². The van der Waals surface area contributed by atoms with Gasteiger partial charge < -0.3 is 5.32 Å². The van der Waals surface area contributed by atoms with Crippen LogP contribution in [0, 0.1) is 6.92 Å². The number of aromatic nitrogens is 2. The van der Waals surface area contributed by atoms with Crippen LogP contribution in [-0.2, 0) is 11.0 Å². The molecule has 1 unspecified atom stereocenters. The van der Waals surface area contributed by atoms with Gasteiger partial charge in [0.05, 0.1) is 28.4 Å². The lowest BCUT2D eigenvalue weighted by atomic mass is 10.1. The van der Waals surface area contributed by atoms with Gasteiger partial charge in [-0.15, -0.1) is 11.3 Å². The van der Waals surface area contributed by atoms with Crippen molar-refractivity contribution in [3.05, 3.63) is 69.7 Å². The van der Waals surface area contributed by atoms with Gasteiger partial charge in [-0.25, -0.2) is 4.68 Å². The summed E-state index contributed by atoms with van der Waals surface area (Å²) in [4.78, 5) is 24.9. The smallest absolute Gasteiger partial charge is 0.349 e. The van der Waals surface area contributed by atoms with Crippen LogP contribution in [0.15, 0.2) is 48.0 Å². The maximum Gasteiger partial charge on any atom is 0.416 e. The van der Waals surface area contributed by atoms with Gasteiger partial charge in [0.1, 0.15) is 0 Å². The first-order valence-electron chi connectivity index (χ1n) is 9.75. The Kier molecular flexibility index (Phi) is 6.94. The summed E-state index contributed by atoms with van der Waals surface area (Å²) in [5.74, 6) is -0.174. The summed E-state index contributed by atoms with van der Waals surface area (Å²) in [6.07, 6.45) is -1.94. The van der Waals surface area contributed by atoms with Crippen molar-refractivity contribution in [3.63, 3.8) is 0 Å². The third-order valence-corrected chi connectivity index (χ3v) is 5.82. The number of Topliss-reactive ketones (excluding diaryl/α,β-unsaturated/α-hetero) is 1. The molecule has 164 valence electrons. The first-order chi connectivity index (χ1) is 14.7. The highest BCUT2D eigenvalue weighted by atomic mass is 32.1. The average molecular weight is 449 g/mol. The molecule has 2 aromatic heterocycles. The summed E-state index contributed by atoms with van der Waals surface area (Å²) >= 11 is 1.38. The lowest BCUT2D eigenvalue weighted by Crippen LogP contribution is -2.26. The number of alkyl halides is 3. The van der Waals surface area contributed by atoms with Crippen LogP contribution in [0.5, 0.6) is 0 Å². The number of ketones is 1. The predicted octanol–water partition coefficient (Wildman–Crippen LogP) is 5.49. The topological polar surface area (TPSA) is 64.0 Å². The number of nitrogens with one attached hydrogen (secondary N) is 1. The molecule has 0 fully saturated rings. The van der Waals surface area contributed by atoms with Crippen molar-refractivity contribution in [2.45, 2.75) is 45.3 Å². The summed E-state index contributed by atoms with van der Waals surface area (Å²) in [6, 6.07) is 8.13. The molecular formula is C22H22F3N3O2S. The molecule has 0 aliphatic heterocycles. The summed E-state index contributed by atoms with van der Waals surface area (Å²) < 4.78 is 40.4. The first kappa shape index (κ1) is 22.7. The van der Waals surface area contributed by atoms with Crippen LogP contribution in [-0.4, -0.2) is 21.5 Å². The highest BCUT2D eigenvalue weighted by Crippen LogP contribution is 2.31. The third kappa shape index (κ3) is 5.61. The minimum atomic E-state index is -4.44. The lowest BCUT2D eigenvalue weighted by Gasteiger charge is -2.14. The van der Waals surface area contributed by atoms with Crippen LogP contribution in [0.25, 0.3) is 5.69 Å². The molecule has 0 saturated heterocycles. The first-order valence-corrected chi connectivity index (χ1v) is 10.6. The predicted molar refractivity (Wildman–Crippen MR) is 112 cm³/mol. The fourth-order valence-electron chi connectivity index (χ4n) is 3.28. The molecular weight excluding hydrogens is 427 g/mol. The number of benzene rings is 1. The molecule has 0 spiro atoms. The van der Waals surface area contributed by atoms with E-state index in [2.05, 4.69) is 10.4 Å². The molecule has 3 rings (SSSR count). The monoisotopic (exact) mass is 449 g/mol. The Hall–Kier alpha value is -2.94. The number of thiophene rings is 1. The second kappa shape index (κ2) is 9.47. The number of hydrogen-bond donors (Lipinski definition) is 1. The van der Waals surface area contributed by atoms with Gasteiger partial charge >= 0.3 is 6.18 Å². The van der Waals surface area contributed by atoms with E-state index < -0.39 is 11.7 Å². The number of amides is 1. The van der Waals surface area contributed by atoms with Crippen LogP contribution in [0.2, 0.25) is 0 Å². The molecule has 0 aliphatic carbocycles. The van der Waals surface area contributed by atoms with Crippen LogP contribution in [0.3, 0.4) is 0 Å². The summed E-state index contributed by atoms with van der Waals surface area (Å²) in [7, 11) is 0. The molecule has 0 bridgehead atoms. The zero-order valence-corrected chi connectivity index (χ0v) is 17.9. The molecule has 9 heteroatoms. The molecule has 1 amide bonds. The number of nitrogens with zero attached hydrogens (tertiary/aromatic N) is 2. The van der Waals surface area contributed by atoms with Crippen molar-refractivity contribution >= 4 is 23.0 Å². The summed E-state index contributed by atoms with van der Waals surface area (Å²) in [6.45, 7) is 3.53. The van der Waals surface area contributed by atoms with Crippen LogP contribution in [0.4, 0.5) is 13.2 Å². The van der Waals surface area contributed by atoms with Crippen molar-refractivity contribution in [2.24, 2.45) is 0 Å². The molecule has 0 radical (unpaired) electrons. The number of halogens is 3. The van der Waals surface area contributed by atoms with Crippen molar-refractivity contribution in [3.8, 4) is 5.69 Å². The molecule has 3 aromatic rings. The SMILES string of the molecule is Cc1c(C(C)NC(=O)CCCC(=O)c2cccs2)cnn1-c1cccc(C(F)(F)F)c1. The Morgan fingerprint density at radius 3 is 2.65 bits per heavy atom. The second-order valence-electron chi connectivity index (χ2n) is 7.19. The summed E-state index contributed by atoms with van der Waals surface area (Å²) in [5.41, 5.74) is 0.893. The van der Waals surface area contributed by atoms with E-state index in [4.69, 9.17) is 0 Å². The van der Waals surface area contributed by atoms with Gasteiger partial charge in [-0.1, -0.05) is 12.1 Å². The molecule has 1 atom stereocenters. The average Bonchev–Trinajstić information content (AvgIpc) is 3.37. The normalized spacial score (nSPS) is 12.5. The quantitative estimate of drug-likeness (QED) is 0.463. The molecule has 5 nitrogen and oxygen atoms in total. The maximum atomic E-state index is 13.0. The standard InChI is InChI=1S/C22H22F3N3O2S/c1-14(27-21(30)10-4-8-19(29)20-9-5-11-31-20)18-13-26-28(15(18)2)17-7-3-6-16(12-17)22(23,24)25/h3,5-7,9,11-14H,4,8,10H2,1-2H3,(H,27,30). The number of carbonyl (C=O) groups excluding carboxylic acids is 2. The highest BCUT2D eigenvalue weighted by molar-refractivity contribution is 7.12. The zero-order valence-electron chi connectivity index (χ0n) is 17.1. The Morgan fingerprint density at radius 1 is 1.19 bits per heavy atom. The Morgan fingerprint density at radius 2 is 1.97 bits per heavy atom. The minimum Gasteiger partial charge on any atom is -0.349 e. The van der Waals surface area contributed by atoms with Gasteiger partial charge in [0.15, 0.2) is 5.78 Å². The fraction of sp³-hybridized carbons (Fsp3) is 0.318. The van der Waals surface area contributed by atoms with Crippen LogP contribution in [0.1, 0.15) is 58.7 Å². The van der Waals surface area contributed by atoms with E-state index in [1.165, 1.54) is 22.1 Å². The van der Waals surface area contributed by atoms with Crippen molar-refractivity contribution in [1.29, 1.82) is 0 Å². The Balaban J connectivity index is 1.60. The number of carbonyl (C=O) groups is 2. The van der Waals surface area contributed by atoms with Gasteiger partial charge in [0.25, 0.3) is 0 Å². The number of hydrogen-bond acceptors (Lipinski definition) is 4. The molecule has 0 aliphatic rings. The zero-order chi connectivity index (χ0) is 22.6. The van der Waals surface area contributed by atoms with Crippen molar-refractivity contribution < 1.29 is 22.8 Å². The van der Waals surface area contributed by atoms with Gasteiger partial charge in [-0.3, -0.25) is 9.59 Å². The third-order valence-electron chi connectivity index (χ3n) is 4.91. The molecule has 31 heavy (non-hydrogen) atoms. The van der Waals surface area contributed by atoms with E-state index in [9.17, 15) is 22.8 Å². The van der Waals surface area contributed by atoms with Crippen LogP contribution >= 0.6 is 11.3 Å². The molecule has 2 heterocycles. The minimum absolute atomic E-state index is 0.0223. The van der Waals surface area contributed by atoms with Crippen molar-refractivity contribution in [1.82, 2.24) is 15.1 Å². The van der Waals surface area contributed by atoms with Gasteiger partial charge in [-0.2, -0.15) is 18.3 Å². The number of rotatable bonds is 8. The summed E-state index contributed by atoms with van der Waals surface area (Å²) in [5, 5.41) is 8.91. The lowest BCUT2D eigenvalue weighted by molar-refractivity contribution is -0.137. The highest BCUT2D eigenvalue weighted by Gasteiger charge is 2.30. The Labute approximate surface area is 181 Å². The maximum absolute atomic E-state index is 13.0. The van der Waals surface area contributed by atoms with E-state index in [0.29, 0.717) is 34.7 Å². The second-order valence-corrected chi connectivity index (χ2v) is 8.14. The Bertz CT molecular complexity index is 1060. The molecule has 1 aromatic carbocycles. The van der Waals surface area contributed by atoms with Gasteiger partial charge in [-0.05, 0) is 49.9 Å². The van der Waals surface area contributed by atoms with E-state index in [1.54, 1.807) is 32.2 Å². The van der Waals surface area contributed by atoms with E-state index in [-0.39, 0.29) is 24.2 Å². The largest absolute Gasteiger partial charge is 0.416 e. The van der Waals surface area contributed by atoms with E-state index in [1.807, 2.05) is 11.4 Å². The van der Waals surface area contributed by atoms with Crippen molar-refractivity contribution in [2.75, 3.05) is 0 Å². The van der Waals surface area contributed by atoms with Gasteiger partial charge in [0, 0.05) is 24.1 Å². The fourth-order valence-corrected chi connectivity index (χ4v) is 3.98. The van der Waals surface area contributed by atoms with E-state index >= 15 is 0 Å².